The molecule has 1 aromatic heterocycles. The Labute approximate surface area is 148 Å². The lowest BCUT2D eigenvalue weighted by atomic mass is 10.0. The zero-order valence-electron chi connectivity index (χ0n) is 15.5. The third-order valence-electron chi connectivity index (χ3n) is 4.46. The van der Waals surface area contributed by atoms with Crippen molar-refractivity contribution in [3.63, 3.8) is 0 Å². The largest absolute Gasteiger partial charge is 0.444 e. The van der Waals surface area contributed by atoms with Crippen LogP contribution in [0.2, 0.25) is 0 Å². The summed E-state index contributed by atoms with van der Waals surface area (Å²) in [5.74, 6) is 1.03. The number of nitrogens with zero attached hydrogens (tertiary/aromatic N) is 3. The Morgan fingerprint density at radius 2 is 2.08 bits per heavy atom. The number of likely N-dealkylation sites (tertiary alicyclic amines) is 1. The van der Waals surface area contributed by atoms with Crippen LogP contribution in [0.15, 0.2) is 22.7 Å². The molecule has 0 N–H and O–H groups in total. The van der Waals surface area contributed by atoms with Gasteiger partial charge in [0.15, 0.2) is 5.82 Å². The van der Waals surface area contributed by atoms with Crippen LogP contribution in [0.5, 0.6) is 0 Å². The van der Waals surface area contributed by atoms with Gasteiger partial charge in [0.2, 0.25) is 0 Å². The molecule has 1 saturated heterocycles. The lowest BCUT2D eigenvalue weighted by Gasteiger charge is -2.27. The fourth-order valence-electron chi connectivity index (χ4n) is 3.04. The molecule has 1 amide bonds. The number of aryl methyl sites for hydroxylation is 1. The summed E-state index contributed by atoms with van der Waals surface area (Å²) >= 11 is 0. The first kappa shape index (κ1) is 17.5. The van der Waals surface area contributed by atoms with Gasteiger partial charge in [-0.3, -0.25) is 4.90 Å². The molecule has 0 unspecified atom stereocenters. The van der Waals surface area contributed by atoms with Crippen LogP contribution in [-0.2, 0) is 4.74 Å². The molecule has 1 aliphatic heterocycles. The van der Waals surface area contributed by atoms with E-state index in [9.17, 15) is 4.79 Å². The maximum absolute atomic E-state index is 12.4. The van der Waals surface area contributed by atoms with Crippen LogP contribution in [0.25, 0.3) is 11.5 Å². The summed E-state index contributed by atoms with van der Waals surface area (Å²) < 4.78 is 11.0. The summed E-state index contributed by atoms with van der Waals surface area (Å²) in [6, 6.07) is 5.80. The average molecular weight is 343 g/mol. The normalized spacial score (nSPS) is 17.8. The molecular weight excluding hydrogens is 318 g/mol. The number of rotatable bonds is 2. The minimum Gasteiger partial charge on any atom is -0.444 e. The summed E-state index contributed by atoms with van der Waals surface area (Å²) in [7, 11) is 0. The number of hydrogen-bond donors (Lipinski definition) is 0. The number of hydrogen-bond acceptors (Lipinski definition) is 5. The molecule has 1 atom stereocenters. The highest BCUT2D eigenvalue weighted by Crippen LogP contribution is 2.33. The Morgan fingerprint density at radius 3 is 2.80 bits per heavy atom. The molecule has 1 aliphatic rings. The second-order valence-corrected chi connectivity index (χ2v) is 7.54. The number of ether oxygens (including phenoxy) is 1. The van der Waals surface area contributed by atoms with E-state index >= 15 is 0 Å². The number of carbonyl (C=O) groups is 1. The smallest absolute Gasteiger partial charge is 0.410 e. The predicted octanol–water partition coefficient (Wildman–Crippen LogP) is 4.43. The Hall–Kier alpha value is -2.37. The van der Waals surface area contributed by atoms with E-state index in [2.05, 4.69) is 23.1 Å². The maximum Gasteiger partial charge on any atom is 0.410 e. The summed E-state index contributed by atoms with van der Waals surface area (Å²) in [6.45, 7) is 10.3. The lowest BCUT2D eigenvalue weighted by Crippen LogP contribution is -2.36. The van der Waals surface area contributed by atoms with Gasteiger partial charge in [0.25, 0.3) is 5.89 Å². The quantitative estimate of drug-likeness (QED) is 0.807. The molecule has 3 rings (SSSR count). The van der Waals surface area contributed by atoms with Crippen LogP contribution in [0, 0.1) is 13.8 Å². The van der Waals surface area contributed by atoms with E-state index in [4.69, 9.17) is 9.26 Å². The van der Waals surface area contributed by atoms with E-state index in [1.165, 1.54) is 5.56 Å². The van der Waals surface area contributed by atoms with Gasteiger partial charge in [-0.1, -0.05) is 17.3 Å². The Kier molecular flexibility index (Phi) is 4.54. The first-order valence-corrected chi connectivity index (χ1v) is 8.66. The second kappa shape index (κ2) is 6.50. The molecule has 1 aromatic carbocycles. The van der Waals surface area contributed by atoms with E-state index in [0.717, 1.165) is 24.0 Å². The van der Waals surface area contributed by atoms with Gasteiger partial charge in [-0.25, -0.2) is 4.79 Å². The number of aromatic nitrogens is 2. The van der Waals surface area contributed by atoms with Gasteiger partial charge < -0.3 is 9.26 Å². The number of carbonyl (C=O) groups excluding carboxylic acids is 1. The molecule has 6 nitrogen and oxygen atoms in total. The first-order chi connectivity index (χ1) is 11.8. The fraction of sp³-hybridized carbons (Fsp3) is 0.526. The van der Waals surface area contributed by atoms with Crippen molar-refractivity contribution >= 4 is 6.09 Å². The van der Waals surface area contributed by atoms with Crippen molar-refractivity contribution in [2.75, 3.05) is 6.54 Å². The van der Waals surface area contributed by atoms with Gasteiger partial charge in [0, 0.05) is 12.1 Å². The van der Waals surface area contributed by atoms with E-state index in [1.807, 2.05) is 39.8 Å². The summed E-state index contributed by atoms with van der Waals surface area (Å²) in [5, 5.41) is 4.14. The Bertz CT molecular complexity index is 776. The van der Waals surface area contributed by atoms with Crippen molar-refractivity contribution in [1.29, 1.82) is 0 Å². The Balaban J connectivity index is 1.84. The molecule has 0 spiro atoms. The van der Waals surface area contributed by atoms with E-state index in [0.29, 0.717) is 18.3 Å². The van der Waals surface area contributed by atoms with Crippen molar-refractivity contribution < 1.29 is 14.1 Å². The van der Waals surface area contributed by atoms with E-state index in [-0.39, 0.29) is 12.1 Å². The summed E-state index contributed by atoms with van der Waals surface area (Å²) in [6.07, 6.45) is 1.38. The highest BCUT2D eigenvalue weighted by atomic mass is 16.6. The highest BCUT2D eigenvalue weighted by Gasteiger charge is 2.36. The molecule has 0 saturated carbocycles. The Morgan fingerprint density at radius 1 is 1.32 bits per heavy atom. The molecule has 2 heterocycles. The maximum atomic E-state index is 12.4. The number of benzene rings is 1. The van der Waals surface area contributed by atoms with Gasteiger partial charge in [-0.15, -0.1) is 0 Å². The van der Waals surface area contributed by atoms with Gasteiger partial charge in [0.05, 0.1) is 6.04 Å². The monoisotopic (exact) mass is 343 g/mol. The van der Waals surface area contributed by atoms with E-state index in [1.54, 1.807) is 4.90 Å². The van der Waals surface area contributed by atoms with Gasteiger partial charge in [0.1, 0.15) is 5.60 Å². The van der Waals surface area contributed by atoms with Crippen molar-refractivity contribution in [3.8, 4) is 11.5 Å². The second-order valence-electron chi connectivity index (χ2n) is 7.54. The van der Waals surface area contributed by atoms with E-state index < -0.39 is 5.60 Å². The third kappa shape index (κ3) is 3.67. The van der Waals surface area contributed by atoms with Gasteiger partial charge in [-0.05, 0) is 64.7 Å². The minimum atomic E-state index is -0.523. The van der Waals surface area contributed by atoms with Crippen molar-refractivity contribution in [1.82, 2.24) is 15.0 Å². The zero-order valence-corrected chi connectivity index (χ0v) is 15.5. The molecule has 2 aromatic rings. The van der Waals surface area contributed by atoms with Crippen LogP contribution in [0.1, 0.15) is 56.6 Å². The highest BCUT2D eigenvalue weighted by molar-refractivity contribution is 5.69. The van der Waals surface area contributed by atoms with Crippen LogP contribution in [0.3, 0.4) is 0 Å². The van der Waals surface area contributed by atoms with Gasteiger partial charge >= 0.3 is 6.09 Å². The predicted molar refractivity (Wildman–Crippen MR) is 94.1 cm³/mol. The van der Waals surface area contributed by atoms with Crippen LogP contribution in [-0.4, -0.2) is 33.3 Å². The number of amides is 1. The molecule has 25 heavy (non-hydrogen) atoms. The summed E-state index contributed by atoms with van der Waals surface area (Å²) in [5.41, 5.74) is 2.70. The van der Waals surface area contributed by atoms with Crippen molar-refractivity contribution in [3.05, 3.63) is 35.2 Å². The zero-order chi connectivity index (χ0) is 18.2. The average Bonchev–Trinajstić information content (AvgIpc) is 3.16. The lowest BCUT2D eigenvalue weighted by molar-refractivity contribution is 0.0217. The molecule has 0 radical (unpaired) electrons. The van der Waals surface area contributed by atoms with Crippen LogP contribution < -0.4 is 0 Å². The first-order valence-electron chi connectivity index (χ1n) is 8.66. The van der Waals surface area contributed by atoms with Crippen LogP contribution >= 0.6 is 0 Å². The van der Waals surface area contributed by atoms with Crippen LogP contribution in [0.4, 0.5) is 4.79 Å². The molecule has 134 valence electrons. The van der Waals surface area contributed by atoms with Gasteiger partial charge in [-0.2, -0.15) is 4.98 Å². The van der Waals surface area contributed by atoms with Crippen molar-refractivity contribution in [2.45, 2.75) is 59.1 Å². The summed E-state index contributed by atoms with van der Waals surface area (Å²) in [4.78, 5) is 18.7. The fourth-order valence-corrected chi connectivity index (χ4v) is 3.04. The SMILES string of the molecule is Cc1cccc(-c2nc([C@@H]3CCCN3C(=O)OC(C)(C)C)no2)c1C. The minimum absolute atomic E-state index is 0.197. The third-order valence-corrected chi connectivity index (χ3v) is 4.46. The molecular formula is C19H25N3O3. The molecule has 0 bridgehead atoms. The molecule has 0 aliphatic carbocycles. The standard InChI is InChI=1S/C19H25N3O3/c1-12-8-6-9-14(13(12)2)17-20-16(21-25-17)15-10-7-11-22(15)18(23)24-19(3,4)5/h6,8-9,15H,7,10-11H2,1-5H3/t15-/m0/s1. The molecule has 1 fully saturated rings. The topological polar surface area (TPSA) is 68.5 Å². The molecule has 6 heteroatoms. The van der Waals surface area contributed by atoms with Crippen molar-refractivity contribution in [2.24, 2.45) is 0 Å².